The summed E-state index contributed by atoms with van der Waals surface area (Å²) >= 11 is 0. The van der Waals surface area contributed by atoms with Crippen molar-refractivity contribution in [2.24, 2.45) is 0 Å². The molecular weight excluding hydrogens is 452 g/mol. The molecule has 4 rings (SSSR count). The summed E-state index contributed by atoms with van der Waals surface area (Å²) in [6.07, 6.45) is 4.90. The lowest BCUT2D eigenvalue weighted by Crippen LogP contribution is -2.45. The molecule has 8 nitrogen and oxygen atoms in total. The maximum atomic E-state index is 13.0. The number of amides is 1. The molecule has 9 heteroatoms. The summed E-state index contributed by atoms with van der Waals surface area (Å²) in [7, 11) is -3.55. The molecule has 2 aliphatic rings. The van der Waals surface area contributed by atoms with Gasteiger partial charge in [0.15, 0.2) is 0 Å². The van der Waals surface area contributed by atoms with Gasteiger partial charge in [-0.15, -0.1) is 0 Å². The maximum absolute atomic E-state index is 13.0. The normalized spacial score (nSPS) is 24.1. The SMILES string of the molecule is CC1CN(c2ccc(CNC(=O)c3ccc(S(=O)(=O)N4CCCCC4C)cc3)cn2)CC(C)O1. The van der Waals surface area contributed by atoms with Crippen LogP contribution >= 0.6 is 0 Å². The summed E-state index contributed by atoms with van der Waals surface area (Å²) in [5, 5.41) is 2.88. The number of anilines is 1. The van der Waals surface area contributed by atoms with Gasteiger partial charge in [-0.2, -0.15) is 4.31 Å². The van der Waals surface area contributed by atoms with E-state index in [1.54, 1.807) is 22.6 Å². The Labute approximate surface area is 202 Å². The average Bonchev–Trinajstić information content (AvgIpc) is 2.82. The van der Waals surface area contributed by atoms with Crippen molar-refractivity contribution in [2.45, 2.75) is 69.7 Å². The second-order valence-corrected chi connectivity index (χ2v) is 11.2. The van der Waals surface area contributed by atoms with Crippen LogP contribution in [0.15, 0.2) is 47.5 Å². The third-order valence-electron chi connectivity index (χ3n) is 6.47. The number of pyridine rings is 1. The van der Waals surface area contributed by atoms with Gasteiger partial charge in [-0.25, -0.2) is 13.4 Å². The number of benzene rings is 1. The van der Waals surface area contributed by atoms with Crippen molar-refractivity contribution in [3.63, 3.8) is 0 Å². The quantitative estimate of drug-likeness (QED) is 0.674. The zero-order valence-corrected chi connectivity index (χ0v) is 20.9. The molecule has 2 saturated heterocycles. The van der Waals surface area contributed by atoms with E-state index in [9.17, 15) is 13.2 Å². The molecule has 34 heavy (non-hydrogen) atoms. The number of ether oxygens (including phenoxy) is 1. The highest BCUT2D eigenvalue weighted by atomic mass is 32.2. The van der Waals surface area contributed by atoms with E-state index in [-0.39, 0.29) is 29.1 Å². The minimum Gasteiger partial charge on any atom is -0.372 e. The summed E-state index contributed by atoms with van der Waals surface area (Å²) in [6.45, 7) is 8.55. The average molecular weight is 487 g/mol. The highest BCUT2D eigenvalue weighted by molar-refractivity contribution is 7.89. The van der Waals surface area contributed by atoms with Crippen LogP contribution in [0.1, 0.15) is 56.0 Å². The summed E-state index contributed by atoms with van der Waals surface area (Å²) < 4.78 is 33.3. The van der Waals surface area contributed by atoms with Crippen LogP contribution in [0.3, 0.4) is 0 Å². The Morgan fingerprint density at radius 3 is 2.38 bits per heavy atom. The van der Waals surface area contributed by atoms with Gasteiger partial charge in [0.2, 0.25) is 10.0 Å². The van der Waals surface area contributed by atoms with Gasteiger partial charge < -0.3 is 15.0 Å². The van der Waals surface area contributed by atoms with E-state index in [0.717, 1.165) is 43.7 Å². The van der Waals surface area contributed by atoms with E-state index < -0.39 is 10.0 Å². The number of hydrogen-bond acceptors (Lipinski definition) is 6. The van der Waals surface area contributed by atoms with Crippen LogP contribution in [0.5, 0.6) is 0 Å². The zero-order chi connectivity index (χ0) is 24.3. The van der Waals surface area contributed by atoms with Crippen molar-refractivity contribution < 1.29 is 17.9 Å². The zero-order valence-electron chi connectivity index (χ0n) is 20.1. The van der Waals surface area contributed by atoms with Crippen molar-refractivity contribution in [3.8, 4) is 0 Å². The van der Waals surface area contributed by atoms with Crippen LogP contribution < -0.4 is 10.2 Å². The number of rotatable bonds is 6. The van der Waals surface area contributed by atoms with Crippen molar-refractivity contribution in [1.29, 1.82) is 0 Å². The topological polar surface area (TPSA) is 91.8 Å². The van der Waals surface area contributed by atoms with E-state index in [0.29, 0.717) is 18.7 Å². The molecule has 1 aromatic carbocycles. The Bertz CT molecular complexity index is 1080. The summed E-state index contributed by atoms with van der Waals surface area (Å²) in [5.41, 5.74) is 1.32. The molecule has 0 saturated carbocycles. The third-order valence-corrected chi connectivity index (χ3v) is 8.50. The van der Waals surface area contributed by atoms with Gasteiger partial charge in [-0.05, 0) is 69.5 Å². The molecule has 1 aromatic heterocycles. The molecule has 2 fully saturated rings. The maximum Gasteiger partial charge on any atom is 0.251 e. The predicted molar refractivity (Wildman–Crippen MR) is 131 cm³/mol. The van der Waals surface area contributed by atoms with E-state index >= 15 is 0 Å². The largest absolute Gasteiger partial charge is 0.372 e. The first-order valence-electron chi connectivity index (χ1n) is 12.0. The molecule has 2 aliphatic heterocycles. The molecule has 0 spiro atoms. The molecule has 0 aliphatic carbocycles. The minimum atomic E-state index is -3.55. The van der Waals surface area contributed by atoms with E-state index in [1.165, 1.54) is 12.1 Å². The molecule has 1 amide bonds. The molecule has 1 N–H and O–H groups in total. The number of hydrogen-bond donors (Lipinski definition) is 1. The van der Waals surface area contributed by atoms with Crippen molar-refractivity contribution >= 4 is 21.7 Å². The van der Waals surface area contributed by atoms with Gasteiger partial charge in [0.25, 0.3) is 5.91 Å². The van der Waals surface area contributed by atoms with E-state index in [2.05, 4.69) is 29.0 Å². The number of nitrogens with one attached hydrogen (secondary N) is 1. The van der Waals surface area contributed by atoms with Crippen LogP contribution in [0.2, 0.25) is 0 Å². The van der Waals surface area contributed by atoms with Crippen molar-refractivity contribution in [2.75, 3.05) is 24.5 Å². The number of carbonyl (C=O) groups excluding carboxylic acids is 1. The van der Waals surface area contributed by atoms with Crippen LogP contribution in [-0.2, 0) is 21.3 Å². The number of aromatic nitrogens is 1. The van der Waals surface area contributed by atoms with Crippen molar-refractivity contribution in [1.82, 2.24) is 14.6 Å². The first kappa shape index (κ1) is 24.6. The van der Waals surface area contributed by atoms with E-state index in [4.69, 9.17) is 4.74 Å². The van der Waals surface area contributed by atoms with Crippen LogP contribution in [0.4, 0.5) is 5.82 Å². The summed E-state index contributed by atoms with van der Waals surface area (Å²) in [6, 6.07) is 10.1. The Morgan fingerprint density at radius 2 is 1.76 bits per heavy atom. The first-order chi connectivity index (χ1) is 16.2. The standard InChI is InChI=1S/C25H34N4O4S/c1-18-6-4-5-13-29(18)34(31,32)23-10-8-22(9-11-23)25(30)27-15-21-7-12-24(26-14-21)28-16-19(2)33-20(3)17-28/h7-12,14,18-20H,4-6,13,15-17H2,1-3H3,(H,27,30). The molecule has 3 atom stereocenters. The fourth-order valence-corrected chi connectivity index (χ4v) is 6.40. The Balaban J connectivity index is 1.34. The van der Waals surface area contributed by atoms with Crippen LogP contribution in [0.25, 0.3) is 0 Å². The monoisotopic (exact) mass is 486 g/mol. The highest BCUT2D eigenvalue weighted by Crippen LogP contribution is 2.25. The number of piperidine rings is 1. The first-order valence-corrected chi connectivity index (χ1v) is 13.4. The second kappa shape index (κ2) is 10.4. The van der Waals surface area contributed by atoms with Crippen LogP contribution in [0, 0.1) is 0 Å². The van der Waals surface area contributed by atoms with Gasteiger partial charge >= 0.3 is 0 Å². The number of sulfonamides is 1. The third kappa shape index (κ3) is 5.59. The molecule has 2 aromatic rings. The summed E-state index contributed by atoms with van der Waals surface area (Å²) in [4.78, 5) is 19.6. The van der Waals surface area contributed by atoms with Gasteiger partial charge in [0.1, 0.15) is 5.82 Å². The fourth-order valence-electron chi connectivity index (χ4n) is 4.70. The van der Waals surface area contributed by atoms with E-state index in [1.807, 2.05) is 19.1 Å². The number of carbonyl (C=O) groups is 1. The molecule has 0 radical (unpaired) electrons. The predicted octanol–water partition coefficient (Wildman–Crippen LogP) is 3.19. The molecular formula is C25H34N4O4S. The lowest BCUT2D eigenvalue weighted by atomic mass is 10.1. The second-order valence-electron chi connectivity index (χ2n) is 9.35. The smallest absolute Gasteiger partial charge is 0.251 e. The van der Waals surface area contributed by atoms with Crippen molar-refractivity contribution in [3.05, 3.63) is 53.7 Å². The molecule has 3 heterocycles. The Kier molecular flexibility index (Phi) is 7.54. The Hall–Kier alpha value is -2.49. The van der Waals surface area contributed by atoms with Gasteiger partial charge in [-0.3, -0.25) is 4.79 Å². The lowest BCUT2D eigenvalue weighted by Gasteiger charge is -2.36. The van der Waals surface area contributed by atoms with Crippen LogP contribution in [-0.4, -0.2) is 61.5 Å². The molecule has 3 unspecified atom stereocenters. The molecule has 0 bridgehead atoms. The van der Waals surface area contributed by atoms with Gasteiger partial charge in [0, 0.05) is 44.0 Å². The fraction of sp³-hybridized carbons (Fsp3) is 0.520. The Morgan fingerprint density at radius 1 is 1.06 bits per heavy atom. The summed E-state index contributed by atoms with van der Waals surface area (Å²) in [5.74, 6) is 0.645. The number of nitrogens with zero attached hydrogens (tertiary/aromatic N) is 3. The van der Waals surface area contributed by atoms with Gasteiger partial charge in [0.05, 0.1) is 17.1 Å². The lowest BCUT2D eigenvalue weighted by molar-refractivity contribution is -0.00546. The highest BCUT2D eigenvalue weighted by Gasteiger charge is 2.31. The minimum absolute atomic E-state index is 0.00299. The van der Waals surface area contributed by atoms with Gasteiger partial charge in [-0.1, -0.05) is 12.5 Å². The molecule has 184 valence electrons. The number of morpholine rings is 1.